The van der Waals surface area contributed by atoms with Crippen LogP contribution in [0.25, 0.3) is 0 Å². The van der Waals surface area contributed by atoms with Gasteiger partial charge < -0.3 is 0 Å². The molecule has 0 aromatic carbocycles. The van der Waals surface area contributed by atoms with Crippen LogP contribution in [0, 0.1) is 0 Å². The van der Waals surface area contributed by atoms with Crippen LogP contribution in [0.4, 0.5) is 0 Å². The van der Waals surface area contributed by atoms with Crippen molar-refractivity contribution >= 4 is 19.2 Å². The van der Waals surface area contributed by atoms with E-state index in [4.69, 9.17) is 11.1 Å². The maximum atomic E-state index is 5.71. The third-order valence-electron chi connectivity index (χ3n) is 0.637. The number of rotatable bonds is 2. The molecule has 0 bridgehead atoms. The van der Waals surface area contributed by atoms with Gasteiger partial charge in [-0.15, -0.1) is 0 Å². The van der Waals surface area contributed by atoms with Crippen molar-refractivity contribution in [2.24, 2.45) is 0 Å². The van der Waals surface area contributed by atoms with E-state index in [0.717, 1.165) is 6.42 Å². The summed E-state index contributed by atoms with van der Waals surface area (Å²) in [6.45, 7) is 4.21. The van der Waals surface area contributed by atoms with Gasteiger partial charge in [0.05, 0.1) is 0 Å². The summed E-state index contributed by atoms with van der Waals surface area (Å²) >= 11 is 5.71. The fourth-order valence-electron chi connectivity index (χ4n) is 0.324. The van der Waals surface area contributed by atoms with Gasteiger partial charge in [0.25, 0.3) is 0 Å². The van der Waals surface area contributed by atoms with Crippen molar-refractivity contribution in [2.75, 3.05) is 0 Å². The molecule has 0 spiro atoms. The molecule has 0 radical (unpaired) electrons. The van der Waals surface area contributed by atoms with Crippen molar-refractivity contribution in [3.8, 4) is 0 Å². The zero-order valence-electron chi connectivity index (χ0n) is 4.82. The molecule has 0 aliphatic carbocycles. The van der Waals surface area contributed by atoms with E-state index >= 15 is 0 Å². The number of allylic oxidation sites excluding steroid dienone is 1. The van der Waals surface area contributed by atoms with Gasteiger partial charge >= 0.3 is 0 Å². The summed E-state index contributed by atoms with van der Waals surface area (Å²) in [5.74, 6) is 0. The predicted molar refractivity (Wildman–Crippen MR) is 38.3 cm³/mol. The summed E-state index contributed by atoms with van der Waals surface area (Å²) in [7, 11) is -0.896. The monoisotopic (exact) mass is 134 g/mol. The molecule has 0 rings (SSSR count). The molecule has 0 aromatic heterocycles. The van der Waals surface area contributed by atoms with Crippen LogP contribution in [0.1, 0.15) is 13.3 Å². The molecule has 0 heterocycles. The second kappa shape index (κ2) is 4.41. The maximum absolute atomic E-state index is 5.71. The molecule has 0 aromatic rings. The number of halogens is 1. The maximum Gasteiger partial charge on any atom is 0.160 e. The minimum atomic E-state index is -0.896. The lowest BCUT2D eigenvalue weighted by molar-refractivity contribution is 1.23. The van der Waals surface area contributed by atoms with E-state index < -0.39 is 8.11 Å². The molecule has 0 aliphatic heterocycles. The SMILES string of the molecule is CCC=C[SiH](C)Cl. The van der Waals surface area contributed by atoms with Gasteiger partial charge in [-0.3, -0.25) is 0 Å². The highest BCUT2D eigenvalue weighted by Gasteiger charge is 1.85. The van der Waals surface area contributed by atoms with Crippen molar-refractivity contribution in [3.63, 3.8) is 0 Å². The van der Waals surface area contributed by atoms with Crippen molar-refractivity contribution in [3.05, 3.63) is 11.8 Å². The van der Waals surface area contributed by atoms with Gasteiger partial charge in [-0.25, -0.2) is 0 Å². The molecular weight excluding hydrogens is 124 g/mol. The molecule has 0 nitrogen and oxygen atoms in total. The third-order valence-corrected chi connectivity index (χ3v) is 1.88. The van der Waals surface area contributed by atoms with Gasteiger partial charge in [-0.1, -0.05) is 25.2 Å². The van der Waals surface area contributed by atoms with Crippen molar-refractivity contribution in [1.29, 1.82) is 0 Å². The Kier molecular flexibility index (Phi) is 4.56. The molecule has 0 N–H and O–H groups in total. The van der Waals surface area contributed by atoms with E-state index in [9.17, 15) is 0 Å². The Balaban J connectivity index is 3.08. The lowest BCUT2D eigenvalue weighted by atomic mass is 10.5. The Morgan fingerprint density at radius 3 is 2.43 bits per heavy atom. The molecule has 2 heteroatoms. The third kappa shape index (κ3) is 6.25. The van der Waals surface area contributed by atoms with E-state index in [1.807, 2.05) is 0 Å². The quantitative estimate of drug-likeness (QED) is 0.401. The van der Waals surface area contributed by atoms with Crippen LogP contribution < -0.4 is 0 Å². The van der Waals surface area contributed by atoms with Gasteiger partial charge in [0.1, 0.15) is 0 Å². The molecule has 42 valence electrons. The summed E-state index contributed by atoms with van der Waals surface area (Å²) in [5.41, 5.74) is 2.13. The lowest BCUT2D eigenvalue weighted by Crippen LogP contribution is -1.86. The van der Waals surface area contributed by atoms with Crippen molar-refractivity contribution < 1.29 is 0 Å². The highest BCUT2D eigenvalue weighted by Crippen LogP contribution is 1.90. The largest absolute Gasteiger partial charge is 0.166 e. The van der Waals surface area contributed by atoms with Crippen molar-refractivity contribution in [2.45, 2.75) is 19.9 Å². The van der Waals surface area contributed by atoms with E-state index in [1.54, 1.807) is 0 Å². The normalized spacial score (nSPS) is 15.3. The molecule has 0 saturated heterocycles. The van der Waals surface area contributed by atoms with Crippen LogP contribution in [0.15, 0.2) is 11.8 Å². The molecule has 0 aliphatic rings. The topological polar surface area (TPSA) is 0 Å². The van der Waals surface area contributed by atoms with Crippen LogP contribution in [0.2, 0.25) is 6.55 Å². The first-order valence-electron chi connectivity index (χ1n) is 2.58. The first kappa shape index (κ1) is 7.25. The van der Waals surface area contributed by atoms with Crippen LogP contribution >= 0.6 is 11.1 Å². The Morgan fingerprint density at radius 1 is 1.71 bits per heavy atom. The van der Waals surface area contributed by atoms with E-state index in [-0.39, 0.29) is 0 Å². The molecule has 0 amide bonds. The van der Waals surface area contributed by atoms with Crippen LogP contribution in [-0.4, -0.2) is 8.11 Å². The van der Waals surface area contributed by atoms with Crippen LogP contribution in [-0.2, 0) is 0 Å². The van der Waals surface area contributed by atoms with E-state index in [2.05, 4.69) is 25.2 Å². The van der Waals surface area contributed by atoms with Crippen LogP contribution in [0.3, 0.4) is 0 Å². The minimum absolute atomic E-state index is 0.896. The summed E-state index contributed by atoms with van der Waals surface area (Å²) in [5, 5.41) is 0. The average Bonchev–Trinajstić information content (AvgIpc) is 1.61. The van der Waals surface area contributed by atoms with Gasteiger partial charge in [0.2, 0.25) is 0 Å². The van der Waals surface area contributed by atoms with Gasteiger partial charge in [-0.2, -0.15) is 11.1 Å². The minimum Gasteiger partial charge on any atom is -0.166 e. The van der Waals surface area contributed by atoms with Gasteiger partial charge in [-0.05, 0) is 6.42 Å². The molecule has 1 unspecified atom stereocenters. The van der Waals surface area contributed by atoms with E-state index in [1.165, 1.54) is 0 Å². The number of hydrogen-bond donors (Lipinski definition) is 0. The first-order chi connectivity index (χ1) is 3.27. The Morgan fingerprint density at radius 2 is 2.29 bits per heavy atom. The van der Waals surface area contributed by atoms with Gasteiger partial charge in [0, 0.05) is 0 Å². The van der Waals surface area contributed by atoms with Crippen molar-refractivity contribution in [1.82, 2.24) is 0 Å². The molecule has 0 fully saturated rings. The smallest absolute Gasteiger partial charge is 0.160 e. The lowest BCUT2D eigenvalue weighted by Gasteiger charge is -1.83. The second-order valence-electron chi connectivity index (χ2n) is 1.51. The standard InChI is InChI=1S/C5H11ClSi/c1-3-4-5-7(2)6/h4-5,7H,3H2,1-2H3. The molecule has 0 saturated carbocycles. The molecule has 1 atom stereocenters. The molecular formula is C5H11ClSi. The van der Waals surface area contributed by atoms with Gasteiger partial charge in [0.15, 0.2) is 8.11 Å². The summed E-state index contributed by atoms with van der Waals surface area (Å²) in [4.78, 5) is 0. The molecule has 7 heavy (non-hydrogen) atoms. The highest BCUT2D eigenvalue weighted by molar-refractivity contribution is 7.09. The average molecular weight is 135 g/mol. The fourth-order valence-corrected chi connectivity index (χ4v) is 1.28. The predicted octanol–water partition coefficient (Wildman–Crippen LogP) is 2.08. The fraction of sp³-hybridized carbons (Fsp3) is 0.600. The highest BCUT2D eigenvalue weighted by atomic mass is 35.6. The Hall–Kier alpha value is 0.247. The summed E-state index contributed by atoms with van der Waals surface area (Å²) in [6.07, 6.45) is 3.24. The summed E-state index contributed by atoms with van der Waals surface area (Å²) in [6, 6.07) is 0. The Labute approximate surface area is 51.5 Å². The zero-order chi connectivity index (χ0) is 5.70. The summed E-state index contributed by atoms with van der Waals surface area (Å²) < 4.78 is 0. The van der Waals surface area contributed by atoms with Crippen LogP contribution in [0.5, 0.6) is 0 Å². The van der Waals surface area contributed by atoms with E-state index in [0.29, 0.717) is 0 Å². The zero-order valence-corrected chi connectivity index (χ0v) is 6.73. The Bertz CT molecular complexity index is 59.1. The second-order valence-corrected chi connectivity index (χ2v) is 5.32. The first-order valence-corrected chi connectivity index (χ1v) is 6.14. The number of hydrogen-bond acceptors (Lipinski definition) is 0.